The lowest BCUT2D eigenvalue weighted by atomic mass is 10.2. The molecule has 10 heavy (non-hydrogen) atoms. The zero-order valence-electron chi connectivity index (χ0n) is 5.42. The molecule has 0 aromatic carbocycles. The van der Waals surface area contributed by atoms with Gasteiger partial charge >= 0.3 is 0 Å². The van der Waals surface area contributed by atoms with Crippen molar-refractivity contribution in [1.29, 1.82) is 0 Å². The fraction of sp³-hybridized carbons (Fsp3) is 0.500. The molecule has 1 aliphatic heterocycles. The normalized spacial score (nSPS) is 25.5. The third-order valence-corrected chi connectivity index (χ3v) is 2.57. The van der Waals surface area contributed by atoms with Crippen LogP contribution in [0.25, 0.3) is 0 Å². The van der Waals surface area contributed by atoms with Gasteiger partial charge in [0.15, 0.2) is 5.78 Å². The fourth-order valence-corrected chi connectivity index (χ4v) is 1.73. The van der Waals surface area contributed by atoms with E-state index in [1.165, 1.54) is 6.92 Å². The Labute approximate surface area is 62.2 Å². The van der Waals surface area contributed by atoms with Crippen molar-refractivity contribution in [3.63, 3.8) is 0 Å². The first-order valence-electron chi connectivity index (χ1n) is 2.82. The number of carbonyl (C=O) groups is 3. The molecular formula is C6H6O3S. The predicted octanol–water partition coefficient (Wildman–Crippen LogP) is -0.171. The molecule has 1 rings (SSSR count). The van der Waals surface area contributed by atoms with Crippen LogP contribution in [0.5, 0.6) is 0 Å². The summed E-state index contributed by atoms with van der Waals surface area (Å²) >= 11 is 1.12. The van der Waals surface area contributed by atoms with Crippen LogP contribution in [-0.2, 0) is 14.4 Å². The Balaban J connectivity index is 2.76. The molecule has 0 amide bonds. The maximum absolute atomic E-state index is 10.8. The Bertz CT molecular complexity index is 209. The topological polar surface area (TPSA) is 51.2 Å². The molecule has 1 aliphatic rings. The molecule has 0 aromatic heterocycles. The van der Waals surface area contributed by atoms with E-state index in [2.05, 4.69) is 0 Å². The maximum Gasteiger partial charge on any atom is 0.219 e. The highest BCUT2D eigenvalue weighted by Crippen LogP contribution is 2.20. The molecule has 0 N–H and O–H groups in total. The summed E-state index contributed by atoms with van der Waals surface area (Å²) in [7, 11) is 0. The SMILES string of the molecule is CC(=O)C1SCC(=O)C1=O. The maximum atomic E-state index is 10.8. The van der Waals surface area contributed by atoms with Gasteiger partial charge in [0.05, 0.1) is 5.75 Å². The van der Waals surface area contributed by atoms with Gasteiger partial charge in [-0.2, -0.15) is 0 Å². The number of rotatable bonds is 1. The standard InChI is InChI=1S/C6H6O3S/c1-3(7)6-5(9)4(8)2-10-6/h6H,2H2,1H3. The van der Waals surface area contributed by atoms with Gasteiger partial charge in [0.25, 0.3) is 0 Å². The van der Waals surface area contributed by atoms with Gasteiger partial charge in [-0.3, -0.25) is 14.4 Å². The lowest BCUT2D eigenvalue weighted by Gasteiger charge is -1.96. The largest absolute Gasteiger partial charge is 0.298 e. The smallest absolute Gasteiger partial charge is 0.219 e. The number of thioether (sulfide) groups is 1. The second-order valence-corrected chi connectivity index (χ2v) is 3.18. The summed E-state index contributed by atoms with van der Waals surface area (Å²) in [4.78, 5) is 31.9. The Kier molecular flexibility index (Phi) is 1.89. The van der Waals surface area contributed by atoms with Crippen molar-refractivity contribution in [3.05, 3.63) is 0 Å². The van der Waals surface area contributed by atoms with E-state index in [1.54, 1.807) is 0 Å². The molecule has 0 bridgehead atoms. The molecule has 1 fully saturated rings. The summed E-state index contributed by atoms with van der Waals surface area (Å²) in [6.07, 6.45) is 0. The van der Waals surface area contributed by atoms with Crippen molar-refractivity contribution < 1.29 is 14.4 Å². The summed E-state index contributed by atoms with van der Waals surface area (Å²) < 4.78 is 0. The molecule has 0 aliphatic carbocycles. The quantitative estimate of drug-likeness (QED) is 0.392. The fourth-order valence-electron chi connectivity index (χ4n) is 0.754. The first-order valence-corrected chi connectivity index (χ1v) is 3.87. The van der Waals surface area contributed by atoms with Gasteiger partial charge in [-0.1, -0.05) is 0 Å². The van der Waals surface area contributed by atoms with Gasteiger partial charge in [-0.05, 0) is 6.92 Å². The van der Waals surface area contributed by atoms with E-state index < -0.39 is 16.8 Å². The van der Waals surface area contributed by atoms with E-state index in [0.717, 1.165) is 11.8 Å². The number of hydrogen-bond acceptors (Lipinski definition) is 4. The second kappa shape index (κ2) is 2.54. The molecule has 1 unspecified atom stereocenters. The molecule has 1 heterocycles. The van der Waals surface area contributed by atoms with Crippen LogP contribution in [0.2, 0.25) is 0 Å². The molecule has 54 valence electrons. The molecule has 0 spiro atoms. The second-order valence-electron chi connectivity index (χ2n) is 2.09. The Morgan fingerprint density at radius 3 is 2.40 bits per heavy atom. The lowest BCUT2D eigenvalue weighted by molar-refractivity contribution is -0.135. The van der Waals surface area contributed by atoms with Crippen LogP contribution in [0.4, 0.5) is 0 Å². The van der Waals surface area contributed by atoms with Crippen LogP contribution in [0, 0.1) is 0 Å². The zero-order valence-corrected chi connectivity index (χ0v) is 6.23. The predicted molar refractivity (Wildman–Crippen MR) is 36.9 cm³/mol. The first kappa shape index (κ1) is 7.47. The minimum absolute atomic E-state index is 0.170. The van der Waals surface area contributed by atoms with Crippen molar-refractivity contribution in [3.8, 4) is 0 Å². The number of Topliss-reactive ketones (excluding diaryl/α,β-unsaturated/α-hetero) is 3. The van der Waals surface area contributed by atoms with Gasteiger partial charge in [-0.15, -0.1) is 11.8 Å². The molecule has 1 atom stereocenters. The van der Waals surface area contributed by atoms with Crippen LogP contribution in [0.3, 0.4) is 0 Å². The molecule has 0 radical (unpaired) electrons. The van der Waals surface area contributed by atoms with E-state index in [9.17, 15) is 14.4 Å². The Morgan fingerprint density at radius 1 is 1.60 bits per heavy atom. The highest BCUT2D eigenvalue weighted by Gasteiger charge is 2.35. The van der Waals surface area contributed by atoms with Gasteiger partial charge in [0.1, 0.15) is 5.25 Å². The van der Waals surface area contributed by atoms with Crippen molar-refractivity contribution in [1.82, 2.24) is 0 Å². The highest BCUT2D eigenvalue weighted by molar-refractivity contribution is 8.03. The van der Waals surface area contributed by atoms with Crippen molar-refractivity contribution in [2.45, 2.75) is 12.2 Å². The van der Waals surface area contributed by atoms with Gasteiger partial charge < -0.3 is 0 Å². The summed E-state index contributed by atoms with van der Waals surface area (Å²) in [5.41, 5.74) is 0. The van der Waals surface area contributed by atoms with Gasteiger partial charge in [-0.25, -0.2) is 0 Å². The molecule has 3 nitrogen and oxygen atoms in total. The Morgan fingerprint density at radius 2 is 2.20 bits per heavy atom. The third-order valence-electron chi connectivity index (χ3n) is 1.26. The van der Waals surface area contributed by atoms with Crippen molar-refractivity contribution in [2.24, 2.45) is 0 Å². The minimum atomic E-state index is -0.701. The summed E-state index contributed by atoms with van der Waals surface area (Å²) in [5, 5.41) is -0.701. The van der Waals surface area contributed by atoms with Crippen LogP contribution in [0.15, 0.2) is 0 Å². The average Bonchev–Trinajstić information content (AvgIpc) is 2.14. The van der Waals surface area contributed by atoms with Gasteiger partial charge in [0, 0.05) is 0 Å². The van der Waals surface area contributed by atoms with Crippen LogP contribution in [-0.4, -0.2) is 28.4 Å². The third kappa shape index (κ3) is 1.11. The van der Waals surface area contributed by atoms with Crippen molar-refractivity contribution in [2.75, 3.05) is 5.75 Å². The lowest BCUT2D eigenvalue weighted by Crippen LogP contribution is -2.24. The van der Waals surface area contributed by atoms with E-state index in [0.29, 0.717) is 0 Å². The minimum Gasteiger partial charge on any atom is -0.298 e. The molecular weight excluding hydrogens is 152 g/mol. The molecule has 1 saturated heterocycles. The first-order chi connectivity index (χ1) is 4.63. The monoisotopic (exact) mass is 158 g/mol. The number of carbonyl (C=O) groups excluding carboxylic acids is 3. The van der Waals surface area contributed by atoms with E-state index in [1.807, 2.05) is 0 Å². The Hall–Kier alpha value is -0.640. The zero-order chi connectivity index (χ0) is 7.72. The summed E-state index contributed by atoms with van der Waals surface area (Å²) in [5.74, 6) is -1.01. The van der Waals surface area contributed by atoms with E-state index >= 15 is 0 Å². The number of ketones is 3. The van der Waals surface area contributed by atoms with E-state index in [4.69, 9.17) is 0 Å². The molecule has 4 heteroatoms. The molecule has 0 saturated carbocycles. The average molecular weight is 158 g/mol. The molecule has 0 aromatic rings. The summed E-state index contributed by atoms with van der Waals surface area (Å²) in [6, 6.07) is 0. The van der Waals surface area contributed by atoms with Crippen LogP contribution >= 0.6 is 11.8 Å². The van der Waals surface area contributed by atoms with Crippen molar-refractivity contribution >= 4 is 29.1 Å². The van der Waals surface area contributed by atoms with Gasteiger partial charge in [0.2, 0.25) is 11.6 Å². The summed E-state index contributed by atoms with van der Waals surface area (Å²) in [6.45, 7) is 1.33. The van der Waals surface area contributed by atoms with E-state index in [-0.39, 0.29) is 11.5 Å². The van der Waals surface area contributed by atoms with Crippen LogP contribution in [0.1, 0.15) is 6.92 Å². The van der Waals surface area contributed by atoms with Crippen LogP contribution < -0.4 is 0 Å². The highest BCUT2D eigenvalue weighted by atomic mass is 32.2. The number of hydrogen-bond donors (Lipinski definition) is 0.